The normalized spacial score (nSPS) is 17.8. The van der Waals surface area contributed by atoms with E-state index in [1.54, 1.807) is 7.05 Å². The third-order valence-electron chi connectivity index (χ3n) is 5.82. The molecule has 2 fully saturated rings. The van der Waals surface area contributed by atoms with Crippen LogP contribution in [0, 0.1) is 6.92 Å². The third kappa shape index (κ3) is 7.80. The van der Waals surface area contributed by atoms with E-state index < -0.39 is 0 Å². The molecule has 33 heavy (non-hydrogen) atoms. The molecule has 1 saturated heterocycles. The minimum absolute atomic E-state index is 0. The van der Waals surface area contributed by atoms with E-state index in [4.69, 9.17) is 4.74 Å². The Morgan fingerprint density at radius 2 is 1.88 bits per heavy atom. The SMILES string of the molecule is CN=C(NCc1cccc(OCC(=O)NC2CC2)c1)NC1CCN(c2ccc(C)cc2)C1.I. The van der Waals surface area contributed by atoms with Gasteiger partial charge in [-0.25, -0.2) is 0 Å². The van der Waals surface area contributed by atoms with Crippen molar-refractivity contribution < 1.29 is 9.53 Å². The Morgan fingerprint density at radius 3 is 2.61 bits per heavy atom. The Balaban J connectivity index is 0.00000306. The fraction of sp³-hybridized carbons (Fsp3) is 0.440. The Labute approximate surface area is 213 Å². The second-order valence-corrected chi connectivity index (χ2v) is 8.62. The fourth-order valence-corrected chi connectivity index (χ4v) is 3.83. The van der Waals surface area contributed by atoms with Gasteiger partial charge in [0.1, 0.15) is 5.75 Å². The van der Waals surface area contributed by atoms with Crippen molar-refractivity contribution in [2.24, 2.45) is 4.99 Å². The first-order valence-corrected chi connectivity index (χ1v) is 11.4. The molecule has 7 nitrogen and oxygen atoms in total. The van der Waals surface area contributed by atoms with Gasteiger partial charge in [-0.15, -0.1) is 24.0 Å². The van der Waals surface area contributed by atoms with Crippen molar-refractivity contribution in [3.05, 3.63) is 59.7 Å². The minimum atomic E-state index is -0.0584. The molecule has 2 aromatic carbocycles. The van der Waals surface area contributed by atoms with Gasteiger partial charge in [-0.3, -0.25) is 9.79 Å². The summed E-state index contributed by atoms with van der Waals surface area (Å²) in [6.07, 6.45) is 3.22. The average molecular weight is 563 g/mol. The zero-order chi connectivity index (χ0) is 22.3. The quantitative estimate of drug-likeness (QED) is 0.261. The third-order valence-corrected chi connectivity index (χ3v) is 5.82. The number of rotatable bonds is 8. The molecule has 2 aromatic rings. The fourth-order valence-electron chi connectivity index (χ4n) is 3.83. The van der Waals surface area contributed by atoms with Crippen molar-refractivity contribution in [2.45, 2.75) is 44.8 Å². The predicted molar refractivity (Wildman–Crippen MR) is 144 cm³/mol. The van der Waals surface area contributed by atoms with Crippen LogP contribution in [0.4, 0.5) is 5.69 Å². The number of hydrogen-bond acceptors (Lipinski definition) is 4. The maximum absolute atomic E-state index is 11.8. The standard InChI is InChI=1S/C25H33N5O2.HI/c1-18-6-10-22(11-7-18)30-13-12-21(16-30)29-25(26-2)27-15-19-4-3-5-23(14-19)32-17-24(31)28-20-8-9-20;/h3-7,10-11,14,20-21H,8-9,12-13,15-17H2,1-2H3,(H,28,31)(H2,26,27,29);1H. The molecule has 1 unspecified atom stereocenters. The van der Waals surface area contributed by atoms with Crippen LogP contribution in [0.1, 0.15) is 30.4 Å². The van der Waals surface area contributed by atoms with E-state index in [0.717, 1.165) is 43.9 Å². The van der Waals surface area contributed by atoms with Crippen LogP contribution in [-0.2, 0) is 11.3 Å². The number of benzene rings is 2. The monoisotopic (exact) mass is 563 g/mol. The highest BCUT2D eigenvalue weighted by Crippen LogP contribution is 2.21. The molecule has 1 aliphatic carbocycles. The molecule has 8 heteroatoms. The van der Waals surface area contributed by atoms with Gasteiger partial charge in [0.2, 0.25) is 0 Å². The summed E-state index contributed by atoms with van der Waals surface area (Å²) in [5, 5.41) is 9.86. The highest BCUT2D eigenvalue weighted by molar-refractivity contribution is 14.0. The highest BCUT2D eigenvalue weighted by Gasteiger charge is 2.24. The van der Waals surface area contributed by atoms with Crippen LogP contribution >= 0.6 is 24.0 Å². The Hall–Kier alpha value is -2.49. The second kappa shape index (κ2) is 12.1. The summed E-state index contributed by atoms with van der Waals surface area (Å²) in [7, 11) is 1.79. The van der Waals surface area contributed by atoms with Gasteiger partial charge in [0, 0.05) is 44.5 Å². The van der Waals surface area contributed by atoms with E-state index in [0.29, 0.717) is 24.4 Å². The van der Waals surface area contributed by atoms with Crippen LogP contribution in [0.5, 0.6) is 5.75 Å². The Morgan fingerprint density at radius 1 is 1.09 bits per heavy atom. The summed E-state index contributed by atoms with van der Waals surface area (Å²) in [6.45, 7) is 4.78. The lowest BCUT2D eigenvalue weighted by atomic mass is 10.2. The summed E-state index contributed by atoms with van der Waals surface area (Å²) < 4.78 is 5.65. The zero-order valence-electron chi connectivity index (χ0n) is 19.3. The molecule has 2 aliphatic rings. The molecule has 1 aliphatic heterocycles. The van der Waals surface area contributed by atoms with Crippen molar-refractivity contribution in [2.75, 3.05) is 31.6 Å². The first-order valence-electron chi connectivity index (χ1n) is 11.4. The molecule has 178 valence electrons. The Bertz CT molecular complexity index is 946. The molecule has 0 spiro atoms. The van der Waals surface area contributed by atoms with Gasteiger partial charge in [-0.05, 0) is 56.0 Å². The molecule has 1 saturated carbocycles. The van der Waals surface area contributed by atoms with E-state index in [9.17, 15) is 4.79 Å². The van der Waals surface area contributed by atoms with Gasteiger partial charge in [0.05, 0.1) is 0 Å². The number of nitrogens with one attached hydrogen (secondary N) is 3. The second-order valence-electron chi connectivity index (χ2n) is 8.62. The first kappa shape index (κ1) is 25.1. The van der Waals surface area contributed by atoms with Gasteiger partial charge in [0.25, 0.3) is 5.91 Å². The minimum Gasteiger partial charge on any atom is -0.484 e. The zero-order valence-corrected chi connectivity index (χ0v) is 21.7. The molecule has 0 radical (unpaired) electrons. The number of amides is 1. The number of anilines is 1. The van der Waals surface area contributed by atoms with Crippen molar-refractivity contribution in [3.8, 4) is 5.75 Å². The number of carbonyl (C=O) groups excluding carboxylic acids is 1. The van der Waals surface area contributed by atoms with Crippen LogP contribution in [0.15, 0.2) is 53.5 Å². The molecule has 3 N–H and O–H groups in total. The van der Waals surface area contributed by atoms with Crippen LogP contribution in [0.2, 0.25) is 0 Å². The number of carbonyl (C=O) groups is 1. The van der Waals surface area contributed by atoms with Crippen LogP contribution in [0.3, 0.4) is 0 Å². The molecule has 4 rings (SSSR count). The Kier molecular flexibility index (Phi) is 9.22. The predicted octanol–water partition coefficient (Wildman–Crippen LogP) is 3.21. The molecular formula is C25H34IN5O2. The van der Waals surface area contributed by atoms with Gasteiger partial charge >= 0.3 is 0 Å². The van der Waals surface area contributed by atoms with E-state index >= 15 is 0 Å². The lowest BCUT2D eigenvalue weighted by molar-refractivity contribution is -0.123. The maximum atomic E-state index is 11.8. The first-order chi connectivity index (χ1) is 15.6. The number of guanidine groups is 1. The van der Waals surface area contributed by atoms with Crippen molar-refractivity contribution >= 4 is 41.5 Å². The molecule has 1 heterocycles. The van der Waals surface area contributed by atoms with E-state index in [1.807, 2.05) is 24.3 Å². The lowest BCUT2D eigenvalue weighted by Gasteiger charge is -2.20. The van der Waals surface area contributed by atoms with Gasteiger partial charge in [-0.1, -0.05) is 29.8 Å². The number of halogens is 1. The van der Waals surface area contributed by atoms with E-state index in [2.05, 4.69) is 57.0 Å². The van der Waals surface area contributed by atoms with Crippen molar-refractivity contribution in [1.29, 1.82) is 0 Å². The number of aryl methyl sites for hydroxylation is 1. The maximum Gasteiger partial charge on any atom is 0.258 e. The number of nitrogens with zero attached hydrogens (tertiary/aromatic N) is 2. The van der Waals surface area contributed by atoms with Crippen LogP contribution in [-0.4, -0.2) is 50.7 Å². The van der Waals surface area contributed by atoms with Gasteiger partial charge in [-0.2, -0.15) is 0 Å². The van der Waals surface area contributed by atoms with Gasteiger partial charge < -0.3 is 25.6 Å². The summed E-state index contributed by atoms with van der Waals surface area (Å²) >= 11 is 0. The summed E-state index contributed by atoms with van der Waals surface area (Å²) in [5.74, 6) is 1.43. The van der Waals surface area contributed by atoms with Crippen molar-refractivity contribution in [1.82, 2.24) is 16.0 Å². The summed E-state index contributed by atoms with van der Waals surface area (Å²) in [4.78, 5) is 18.6. The highest BCUT2D eigenvalue weighted by atomic mass is 127. The number of ether oxygens (including phenoxy) is 1. The number of aliphatic imine (C=N–C) groups is 1. The largest absolute Gasteiger partial charge is 0.484 e. The smallest absolute Gasteiger partial charge is 0.258 e. The van der Waals surface area contributed by atoms with Gasteiger partial charge in [0.15, 0.2) is 12.6 Å². The lowest BCUT2D eigenvalue weighted by Crippen LogP contribution is -2.44. The summed E-state index contributed by atoms with van der Waals surface area (Å²) in [5.41, 5.74) is 3.62. The topological polar surface area (TPSA) is 78.0 Å². The molecule has 0 bridgehead atoms. The molecule has 0 aromatic heterocycles. The van der Waals surface area contributed by atoms with Crippen molar-refractivity contribution in [3.63, 3.8) is 0 Å². The summed E-state index contributed by atoms with van der Waals surface area (Å²) in [6, 6.07) is 17.2. The molecule has 1 atom stereocenters. The molecule has 1 amide bonds. The molecular weight excluding hydrogens is 529 g/mol. The average Bonchev–Trinajstić information content (AvgIpc) is 3.50. The van der Waals surface area contributed by atoms with E-state index in [1.165, 1.54) is 11.3 Å². The number of hydrogen-bond donors (Lipinski definition) is 3. The van der Waals surface area contributed by atoms with Crippen LogP contribution < -0.4 is 25.6 Å². The van der Waals surface area contributed by atoms with E-state index in [-0.39, 0.29) is 36.5 Å². The van der Waals surface area contributed by atoms with Crippen LogP contribution in [0.25, 0.3) is 0 Å².